The predicted molar refractivity (Wildman–Crippen MR) is 151 cm³/mol. The van der Waals surface area contributed by atoms with E-state index >= 15 is 0 Å². The summed E-state index contributed by atoms with van der Waals surface area (Å²) >= 11 is 0. The molecule has 0 saturated carbocycles. The summed E-state index contributed by atoms with van der Waals surface area (Å²) in [6.07, 6.45) is 2.27. The minimum atomic E-state index is -4.08. The third-order valence-corrected chi connectivity index (χ3v) is 8.29. The molecular weight excluding hydrogens is 550 g/mol. The van der Waals surface area contributed by atoms with Crippen molar-refractivity contribution in [3.05, 3.63) is 71.7 Å². The van der Waals surface area contributed by atoms with E-state index in [1.807, 2.05) is 18.9 Å². The van der Waals surface area contributed by atoms with E-state index in [4.69, 9.17) is 4.74 Å². The largest absolute Gasteiger partial charge is 0.486 e. The molecule has 0 aliphatic carbocycles. The lowest BCUT2D eigenvalue weighted by Gasteiger charge is -2.38. The number of aliphatic hydroxyl groups is 1. The number of fused-ring (bicyclic) bond motifs is 1. The molecule has 2 aromatic carbocycles. The van der Waals surface area contributed by atoms with E-state index in [1.165, 1.54) is 23.2 Å². The van der Waals surface area contributed by atoms with Gasteiger partial charge in [-0.15, -0.1) is 0 Å². The quantitative estimate of drug-likeness (QED) is 0.325. The van der Waals surface area contributed by atoms with Gasteiger partial charge in [0, 0.05) is 38.8 Å². The Morgan fingerprint density at radius 2 is 1.95 bits per heavy atom. The fourth-order valence-electron chi connectivity index (χ4n) is 4.70. The second-order valence-corrected chi connectivity index (χ2v) is 12.1. The molecular formula is C28H35N5O7S. The fourth-order valence-corrected chi connectivity index (χ4v) is 5.75. The maximum absolute atomic E-state index is 13.7. The number of aromatic nitrogens is 2. The van der Waals surface area contributed by atoms with Gasteiger partial charge in [-0.1, -0.05) is 25.1 Å². The molecule has 0 bridgehead atoms. The second kappa shape index (κ2) is 12.3. The molecule has 2 heterocycles. The Labute approximate surface area is 239 Å². The number of carbonyl (C=O) groups is 2. The highest BCUT2D eigenvalue weighted by Gasteiger charge is 2.35. The summed E-state index contributed by atoms with van der Waals surface area (Å²) in [7, 11) is -0.525. The summed E-state index contributed by atoms with van der Waals surface area (Å²) < 4.78 is 36.8. The van der Waals surface area contributed by atoms with E-state index in [0.717, 1.165) is 5.56 Å². The molecule has 13 heteroatoms. The van der Waals surface area contributed by atoms with Gasteiger partial charge in [-0.3, -0.25) is 14.4 Å². The molecule has 1 aliphatic heterocycles. The molecule has 0 saturated heterocycles. The first kappa shape index (κ1) is 30.0. The van der Waals surface area contributed by atoms with Crippen molar-refractivity contribution in [2.24, 2.45) is 13.0 Å². The van der Waals surface area contributed by atoms with Crippen molar-refractivity contribution in [3.8, 4) is 5.75 Å². The monoisotopic (exact) mass is 585 g/mol. The number of carboxylic acids is 1. The van der Waals surface area contributed by atoms with Gasteiger partial charge in [0.15, 0.2) is 10.8 Å². The van der Waals surface area contributed by atoms with Gasteiger partial charge in [0.2, 0.25) is 0 Å². The molecule has 12 nitrogen and oxygen atoms in total. The highest BCUT2D eigenvalue weighted by molar-refractivity contribution is 7.92. The van der Waals surface area contributed by atoms with Crippen LogP contribution in [0.4, 0.5) is 5.69 Å². The molecule has 0 spiro atoms. The van der Waals surface area contributed by atoms with Crippen LogP contribution in [0.1, 0.15) is 40.1 Å². The molecule has 1 amide bonds. The average molecular weight is 586 g/mol. The van der Waals surface area contributed by atoms with Crippen LogP contribution >= 0.6 is 0 Å². The van der Waals surface area contributed by atoms with Crippen LogP contribution < -0.4 is 9.46 Å². The van der Waals surface area contributed by atoms with Crippen LogP contribution in [0.2, 0.25) is 0 Å². The smallest absolute Gasteiger partial charge is 0.335 e. The Hall–Kier alpha value is -3.94. The summed E-state index contributed by atoms with van der Waals surface area (Å²) in [6, 6.07) is 10.8. The molecule has 3 atom stereocenters. The summed E-state index contributed by atoms with van der Waals surface area (Å²) in [5.41, 5.74) is 1.39. The van der Waals surface area contributed by atoms with Crippen molar-refractivity contribution in [2.75, 3.05) is 31.5 Å². The van der Waals surface area contributed by atoms with Gasteiger partial charge in [0.05, 0.1) is 35.8 Å². The van der Waals surface area contributed by atoms with Crippen LogP contribution in [-0.2, 0) is 23.6 Å². The number of imidazole rings is 1. The highest BCUT2D eigenvalue weighted by atomic mass is 32.2. The molecule has 41 heavy (non-hydrogen) atoms. The number of benzene rings is 2. The van der Waals surface area contributed by atoms with Crippen molar-refractivity contribution < 1.29 is 33.0 Å². The maximum atomic E-state index is 13.7. The number of amides is 1. The van der Waals surface area contributed by atoms with E-state index < -0.39 is 28.1 Å². The fraction of sp³-hybridized carbons (Fsp3) is 0.393. The number of ether oxygens (including phenoxy) is 1. The number of rotatable bonds is 10. The Morgan fingerprint density at radius 1 is 1.24 bits per heavy atom. The van der Waals surface area contributed by atoms with E-state index in [9.17, 15) is 28.2 Å². The summed E-state index contributed by atoms with van der Waals surface area (Å²) in [5, 5.41) is 18.9. The number of aryl methyl sites for hydroxylation is 1. The summed E-state index contributed by atoms with van der Waals surface area (Å²) in [4.78, 5) is 32.4. The number of nitrogens with zero attached hydrogens (tertiary/aromatic N) is 4. The molecule has 220 valence electrons. The van der Waals surface area contributed by atoms with E-state index in [1.54, 1.807) is 55.3 Å². The van der Waals surface area contributed by atoms with Gasteiger partial charge in [-0.05, 0) is 43.8 Å². The normalized spacial score (nSPS) is 18.3. The first-order valence-corrected chi connectivity index (χ1v) is 14.6. The molecule has 0 fully saturated rings. The van der Waals surface area contributed by atoms with Gasteiger partial charge >= 0.3 is 5.97 Å². The lowest BCUT2D eigenvalue weighted by Crippen LogP contribution is -2.49. The number of sulfonamides is 1. The lowest BCUT2D eigenvalue weighted by molar-refractivity contribution is 0.0343. The van der Waals surface area contributed by atoms with Crippen molar-refractivity contribution in [3.63, 3.8) is 0 Å². The third kappa shape index (κ3) is 6.87. The summed E-state index contributed by atoms with van der Waals surface area (Å²) in [6.45, 7) is 4.69. The standard InChI is InChI=1S/C28H35N5O7S/c1-18-12-33(19(2)16-34)27(35)22-6-5-7-23(30-41(38,39)25-15-32(4)17-29-25)26(22)40-24(18)14-31(3)13-20-8-10-21(11-9-20)28(36)37/h5-11,15,17-19,24,30,34H,12-14,16H2,1-4H3,(H,36,37). The SMILES string of the molecule is CC1CN(C(C)CO)C(=O)c2cccc(NS(=O)(=O)c3cn(C)cn3)c2OC1CN(C)Cc1ccc(C(=O)O)cc1. The van der Waals surface area contributed by atoms with Gasteiger partial charge in [0.25, 0.3) is 15.9 Å². The zero-order valence-electron chi connectivity index (χ0n) is 23.4. The molecule has 0 radical (unpaired) electrons. The summed E-state index contributed by atoms with van der Waals surface area (Å²) in [5.74, 6) is -1.47. The van der Waals surface area contributed by atoms with E-state index in [0.29, 0.717) is 19.6 Å². The number of anilines is 1. The third-order valence-electron chi connectivity index (χ3n) is 7.04. The lowest BCUT2D eigenvalue weighted by atomic mass is 9.99. The van der Waals surface area contributed by atoms with Crippen molar-refractivity contribution in [2.45, 2.75) is 37.6 Å². The topological polar surface area (TPSA) is 154 Å². The number of hydrogen-bond donors (Lipinski definition) is 3. The van der Waals surface area contributed by atoms with E-state index in [-0.39, 0.29) is 46.0 Å². The first-order valence-electron chi connectivity index (χ1n) is 13.1. The number of aromatic carboxylic acids is 1. The van der Waals surface area contributed by atoms with Crippen LogP contribution in [-0.4, -0.2) is 88.7 Å². The van der Waals surface area contributed by atoms with Crippen molar-refractivity contribution in [1.82, 2.24) is 19.4 Å². The van der Waals surface area contributed by atoms with Crippen LogP contribution in [0.3, 0.4) is 0 Å². The van der Waals surface area contributed by atoms with Gasteiger partial charge in [-0.25, -0.2) is 9.78 Å². The van der Waals surface area contributed by atoms with Crippen LogP contribution in [0.5, 0.6) is 5.75 Å². The molecule has 3 unspecified atom stereocenters. The second-order valence-electron chi connectivity index (χ2n) is 10.5. The zero-order valence-corrected chi connectivity index (χ0v) is 24.2. The Bertz CT molecular complexity index is 1510. The Kier molecular flexibility index (Phi) is 9.00. The molecule has 3 N–H and O–H groups in total. The zero-order chi connectivity index (χ0) is 29.9. The van der Waals surface area contributed by atoms with Gasteiger partial charge < -0.3 is 24.4 Å². The number of para-hydroxylation sites is 1. The molecule has 1 aliphatic rings. The van der Waals surface area contributed by atoms with Gasteiger partial charge in [0.1, 0.15) is 6.10 Å². The molecule has 3 aromatic rings. The predicted octanol–water partition coefficient (Wildman–Crippen LogP) is 2.27. The van der Waals surface area contributed by atoms with Crippen LogP contribution in [0.25, 0.3) is 0 Å². The Balaban J connectivity index is 1.67. The number of nitrogens with one attached hydrogen (secondary N) is 1. The number of hydrogen-bond acceptors (Lipinski definition) is 8. The van der Waals surface area contributed by atoms with Gasteiger partial charge in [-0.2, -0.15) is 8.42 Å². The van der Waals surface area contributed by atoms with Crippen LogP contribution in [0, 0.1) is 5.92 Å². The average Bonchev–Trinajstić information content (AvgIpc) is 3.38. The number of carboxylic acid groups (broad SMARTS) is 1. The number of likely N-dealkylation sites (N-methyl/N-ethyl adjacent to an activating group) is 1. The maximum Gasteiger partial charge on any atom is 0.335 e. The number of carbonyl (C=O) groups excluding carboxylic acids is 1. The minimum absolute atomic E-state index is 0.0999. The van der Waals surface area contributed by atoms with Crippen molar-refractivity contribution in [1.29, 1.82) is 0 Å². The highest BCUT2D eigenvalue weighted by Crippen LogP contribution is 2.36. The molecule has 4 rings (SSSR count). The van der Waals surface area contributed by atoms with Crippen LogP contribution in [0.15, 0.2) is 60.0 Å². The molecule has 1 aromatic heterocycles. The Morgan fingerprint density at radius 3 is 2.56 bits per heavy atom. The minimum Gasteiger partial charge on any atom is -0.486 e. The number of aliphatic hydroxyl groups excluding tert-OH is 1. The first-order chi connectivity index (χ1) is 19.4. The van der Waals surface area contributed by atoms with Crippen molar-refractivity contribution >= 4 is 27.6 Å². The van der Waals surface area contributed by atoms with E-state index in [2.05, 4.69) is 9.71 Å².